The SMILES string of the molecule is C=C[C@@]1(C)C[C@H](OC)O[C@@H](C2(C)C3=C(CCC3=O)CCC2C)C1. The van der Waals surface area contributed by atoms with Crippen LogP contribution in [-0.2, 0) is 14.3 Å². The Kier molecular flexibility index (Phi) is 4.31. The predicted molar refractivity (Wildman–Crippen MR) is 91.0 cm³/mol. The van der Waals surface area contributed by atoms with Gasteiger partial charge in [0.25, 0.3) is 0 Å². The molecule has 1 fully saturated rings. The summed E-state index contributed by atoms with van der Waals surface area (Å²) in [4.78, 5) is 12.6. The van der Waals surface area contributed by atoms with E-state index < -0.39 is 0 Å². The van der Waals surface area contributed by atoms with E-state index in [2.05, 4.69) is 27.4 Å². The molecule has 23 heavy (non-hydrogen) atoms. The first-order chi connectivity index (χ1) is 10.8. The summed E-state index contributed by atoms with van der Waals surface area (Å²) in [5.74, 6) is 0.787. The molecule has 0 aromatic rings. The maximum Gasteiger partial charge on any atom is 0.159 e. The summed E-state index contributed by atoms with van der Waals surface area (Å²) in [6.45, 7) is 10.8. The zero-order valence-corrected chi connectivity index (χ0v) is 15.0. The van der Waals surface area contributed by atoms with E-state index in [4.69, 9.17) is 9.47 Å². The smallest absolute Gasteiger partial charge is 0.159 e. The molecule has 3 heteroatoms. The minimum Gasteiger partial charge on any atom is -0.356 e. The molecular formula is C20H30O3. The van der Waals surface area contributed by atoms with E-state index in [1.807, 2.05) is 6.08 Å². The molecule has 1 saturated heterocycles. The third-order valence-corrected chi connectivity index (χ3v) is 6.75. The summed E-state index contributed by atoms with van der Waals surface area (Å²) in [7, 11) is 1.70. The third kappa shape index (κ3) is 2.62. The quantitative estimate of drug-likeness (QED) is 0.722. The highest BCUT2D eigenvalue weighted by molar-refractivity contribution is 6.00. The first kappa shape index (κ1) is 16.9. The highest BCUT2D eigenvalue weighted by Crippen LogP contribution is 2.56. The van der Waals surface area contributed by atoms with Gasteiger partial charge in [0.2, 0.25) is 0 Å². The van der Waals surface area contributed by atoms with Crippen molar-refractivity contribution >= 4 is 5.78 Å². The number of ketones is 1. The summed E-state index contributed by atoms with van der Waals surface area (Å²) in [5.41, 5.74) is 2.26. The van der Waals surface area contributed by atoms with Crippen LogP contribution in [0, 0.1) is 16.7 Å². The summed E-state index contributed by atoms with van der Waals surface area (Å²) in [5, 5.41) is 0. The third-order valence-electron chi connectivity index (χ3n) is 6.75. The van der Waals surface area contributed by atoms with E-state index in [0.29, 0.717) is 18.1 Å². The summed E-state index contributed by atoms with van der Waals surface area (Å²) in [6.07, 6.45) is 7.42. The number of ether oxygens (including phenoxy) is 2. The maximum atomic E-state index is 12.6. The molecule has 0 aromatic heterocycles. The van der Waals surface area contributed by atoms with Crippen molar-refractivity contribution in [3.05, 3.63) is 23.8 Å². The Labute approximate surface area is 140 Å². The second-order valence-corrected chi connectivity index (χ2v) is 8.18. The van der Waals surface area contributed by atoms with Crippen LogP contribution < -0.4 is 0 Å². The maximum absolute atomic E-state index is 12.6. The lowest BCUT2D eigenvalue weighted by Gasteiger charge is -2.52. The van der Waals surface area contributed by atoms with Crippen molar-refractivity contribution in [3.8, 4) is 0 Å². The van der Waals surface area contributed by atoms with Crippen LogP contribution in [-0.4, -0.2) is 25.3 Å². The van der Waals surface area contributed by atoms with Gasteiger partial charge in [-0.1, -0.05) is 32.4 Å². The van der Waals surface area contributed by atoms with E-state index in [9.17, 15) is 4.79 Å². The molecule has 1 aliphatic heterocycles. The molecule has 3 rings (SSSR count). The van der Waals surface area contributed by atoms with Crippen molar-refractivity contribution in [1.82, 2.24) is 0 Å². The lowest BCUT2D eigenvalue weighted by molar-refractivity contribution is -0.231. The molecule has 0 amide bonds. The van der Waals surface area contributed by atoms with Gasteiger partial charge in [0.1, 0.15) is 0 Å². The molecule has 1 heterocycles. The van der Waals surface area contributed by atoms with Crippen LogP contribution in [0.25, 0.3) is 0 Å². The molecule has 3 aliphatic rings. The van der Waals surface area contributed by atoms with E-state index >= 15 is 0 Å². The van der Waals surface area contributed by atoms with Crippen molar-refractivity contribution in [2.24, 2.45) is 16.7 Å². The van der Waals surface area contributed by atoms with Crippen molar-refractivity contribution < 1.29 is 14.3 Å². The number of carbonyl (C=O) groups excluding carboxylic acids is 1. The predicted octanol–water partition coefficient (Wildman–Crippen LogP) is 4.43. The van der Waals surface area contributed by atoms with Crippen LogP contribution in [0.15, 0.2) is 23.8 Å². The van der Waals surface area contributed by atoms with Crippen molar-refractivity contribution in [2.75, 3.05) is 7.11 Å². The fourth-order valence-electron chi connectivity index (χ4n) is 4.88. The summed E-state index contributed by atoms with van der Waals surface area (Å²) < 4.78 is 11.9. The first-order valence-corrected chi connectivity index (χ1v) is 8.91. The normalized spacial score (nSPS) is 44.3. The fourth-order valence-corrected chi connectivity index (χ4v) is 4.88. The molecule has 0 N–H and O–H groups in total. The van der Waals surface area contributed by atoms with E-state index in [1.54, 1.807) is 7.11 Å². The van der Waals surface area contributed by atoms with Crippen LogP contribution in [0.2, 0.25) is 0 Å². The number of allylic oxidation sites excluding steroid dienone is 2. The van der Waals surface area contributed by atoms with Crippen molar-refractivity contribution in [3.63, 3.8) is 0 Å². The molecular weight excluding hydrogens is 288 g/mol. The molecule has 0 spiro atoms. The Balaban J connectivity index is 2.01. The average molecular weight is 318 g/mol. The molecule has 3 nitrogen and oxygen atoms in total. The van der Waals surface area contributed by atoms with Gasteiger partial charge < -0.3 is 9.47 Å². The molecule has 0 bridgehead atoms. The zero-order chi connectivity index (χ0) is 16.8. The van der Waals surface area contributed by atoms with E-state index in [1.165, 1.54) is 5.57 Å². The molecule has 128 valence electrons. The highest BCUT2D eigenvalue weighted by Gasteiger charge is 2.53. The summed E-state index contributed by atoms with van der Waals surface area (Å²) >= 11 is 0. The highest BCUT2D eigenvalue weighted by atomic mass is 16.7. The van der Waals surface area contributed by atoms with E-state index in [-0.39, 0.29) is 23.2 Å². The number of rotatable bonds is 3. The minimum atomic E-state index is -0.219. The minimum absolute atomic E-state index is 0.00606. The fraction of sp³-hybridized carbons (Fsp3) is 0.750. The molecule has 0 aromatic carbocycles. The average Bonchev–Trinajstić information content (AvgIpc) is 2.92. The lowest BCUT2D eigenvalue weighted by atomic mass is 9.59. The molecule has 5 atom stereocenters. The molecule has 2 unspecified atom stereocenters. The molecule has 0 radical (unpaired) electrons. The van der Waals surface area contributed by atoms with Crippen molar-refractivity contribution in [1.29, 1.82) is 0 Å². The Morgan fingerprint density at radius 2 is 2.00 bits per heavy atom. The largest absolute Gasteiger partial charge is 0.356 e. The van der Waals surface area contributed by atoms with Gasteiger partial charge in [0, 0.05) is 30.9 Å². The number of hydrogen-bond acceptors (Lipinski definition) is 3. The standard InChI is InChI=1S/C20H30O3/c1-6-19(3)11-16(23-17(12-19)22-5)20(4)13(2)7-8-14-9-10-15(21)18(14)20/h6,13,16-17H,1,7-12H2,2-5H3/t13?,16-,17-,19-,20?/m1/s1. The van der Waals surface area contributed by atoms with Crippen molar-refractivity contribution in [2.45, 2.75) is 71.7 Å². The Morgan fingerprint density at radius 1 is 1.26 bits per heavy atom. The molecule has 2 aliphatic carbocycles. The van der Waals surface area contributed by atoms with Gasteiger partial charge in [-0.25, -0.2) is 0 Å². The van der Waals surface area contributed by atoms with Crippen LogP contribution >= 0.6 is 0 Å². The number of carbonyl (C=O) groups is 1. The van der Waals surface area contributed by atoms with Crippen LogP contribution in [0.4, 0.5) is 0 Å². The lowest BCUT2D eigenvalue weighted by Crippen LogP contribution is -2.51. The Bertz CT molecular complexity index is 549. The second-order valence-electron chi connectivity index (χ2n) is 8.18. The first-order valence-electron chi connectivity index (χ1n) is 8.91. The number of Topliss-reactive ketones (excluding diaryl/α,β-unsaturated/α-hetero) is 1. The molecule has 0 saturated carbocycles. The van der Waals surface area contributed by atoms with Gasteiger partial charge in [-0.3, -0.25) is 4.79 Å². The van der Waals surface area contributed by atoms with E-state index in [0.717, 1.165) is 37.7 Å². The van der Waals surface area contributed by atoms with Gasteiger partial charge in [0.05, 0.1) is 6.10 Å². The van der Waals surface area contributed by atoms with Gasteiger partial charge >= 0.3 is 0 Å². The van der Waals surface area contributed by atoms with Gasteiger partial charge in [0.15, 0.2) is 12.1 Å². The monoisotopic (exact) mass is 318 g/mol. The zero-order valence-electron chi connectivity index (χ0n) is 15.0. The number of methoxy groups -OCH3 is 1. The summed E-state index contributed by atoms with van der Waals surface area (Å²) in [6, 6.07) is 0. The van der Waals surface area contributed by atoms with Gasteiger partial charge in [-0.2, -0.15) is 0 Å². The van der Waals surface area contributed by atoms with Crippen LogP contribution in [0.5, 0.6) is 0 Å². The van der Waals surface area contributed by atoms with Crippen LogP contribution in [0.1, 0.15) is 59.3 Å². The Hall–Kier alpha value is -0.930. The second kappa shape index (κ2) is 5.86. The topological polar surface area (TPSA) is 35.5 Å². The Morgan fingerprint density at radius 3 is 2.65 bits per heavy atom. The van der Waals surface area contributed by atoms with Gasteiger partial charge in [-0.05, 0) is 37.0 Å². The van der Waals surface area contributed by atoms with Crippen LogP contribution in [0.3, 0.4) is 0 Å². The van der Waals surface area contributed by atoms with Gasteiger partial charge in [-0.15, -0.1) is 6.58 Å². The number of hydrogen-bond donors (Lipinski definition) is 0.